The summed E-state index contributed by atoms with van der Waals surface area (Å²) in [6.45, 7) is 1.08. The van der Waals surface area contributed by atoms with Gasteiger partial charge in [0.1, 0.15) is 5.02 Å². The van der Waals surface area contributed by atoms with Gasteiger partial charge in [0.05, 0.1) is 17.2 Å². The highest BCUT2D eigenvalue weighted by Crippen LogP contribution is 2.43. The molecule has 0 bridgehead atoms. The van der Waals surface area contributed by atoms with Crippen LogP contribution in [0.3, 0.4) is 0 Å². The lowest BCUT2D eigenvalue weighted by Gasteiger charge is -2.07. The fraction of sp³-hybridized carbons (Fsp3) is 0.222. The number of phenols is 1. The van der Waals surface area contributed by atoms with Gasteiger partial charge in [-0.2, -0.15) is 0 Å². The van der Waals surface area contributed by atoms with Crippen molar-refractivity contribution in [3.05, 3.63) is 21.1 Å². The molecule has 0 aliphatic rings. The van der Waals surface area contributed by atoms with Gasteiger partial charge in [-0.25, -0.2) is 0 Å². The molecule has 0 unspecified atom stereocenters. The molecule has 0 aromatic heterocycles. The van der Waals surface area contributed by atoms with Crippen LogP contribution in [0.5, 0.6) is 11.5 Å². The molecule has 0 spiro atoms. The lowest BCUT2D eigenvalue weighted by Crippen LogP contribution is -1.86. The first-order valence-corrected chi connectivity index (χ1v) is 5.04. The van der Waals surface area contributed by atoms with Gasteiger partial charge in [0, 0.05) is 13.0 Å². The Morgan fingerprint density at radius 2 is 1.75 bits per heavy atom. The van der Waals surface area contributed by atoms with Crippen LogP contribution in [0.25, 0.3) is 0 Å². The third-order valence-electron chi connectivity index (χ3n) is 1.30. The number of aliphatic carboxylic acids is 1. The van der Waals surface area contributed by atoms with Crippen LogP contribution in [-0.4, -0.2) is 23.3 Å². The summed E-state index contributed by atoms with van der Waals surface area (Å²) in [4.78, 5) is 9.00. The van der Waals surface area contributed by atoms with Crippen LogP contribution in [0.1, 0.15) is 6.92 Å². The van der Waals surface area contributed by atoms with E-state index in [1.54, 1.807) is 0 Å². The zero-order valence-corrected chi connectivity index (χ0v) is 10.7. The van der Waals surface area contributed by atoms with Crippen molar-refractivity contribution in [3.63, 3.8) is 0 Å². The third kappa shape index (κ3) is 4.35. The lowest BCUT2D eigenvalue weighted by molar-refractivity contribution is -0.134. The van der Waals surface area contributed by atoms with E-state index in [1.807, 2.05) is 0 Å². The first-order chi connectivity index (χ1) is 7.31. The highest BCUT2D eigenvalue weighted by atomic mass is 35.5. The normalized spacial score (nSPS) is 9.06. The maximum Gasteiger partial charge on any atom is 0.300 e. The summed E-state index contributed by atoms with van der Waals surface area (Å²) in [5.74, 6) is -0.831. The van der Waals surface area contributed by atoms with Gasteiger partial charge in [-0.15, -0.1) is 0 Å². The largest absolute Gasteiger partial charge is 0.504 e. The van der Waals surface area contributed by atoms with Crippen molar-refractivity contribution >= 4 is 40.8 Å². The number of methoxy groups -OCH3 is 1. The average molecular weight is 288 g/mol. The summed E-state index contributed by atoms with van der Waals surface area (Å²) in [5.41, 5.74) is 0. The van der Waals surface area contributed by atoms with Crippen LogP contribution in [0.2, 0.25) is 15.1 Å². The van der Waals surface area contributed by atoms with Crippen LogP contribution in [0.15, 0.2) is 6.07 Å². The number of ether oxygens (including phenoxy) is 1. The summed E-state index contributed by atoms with van der Waals surface area (Å²) in [6.07, 6.45) is 0. The fourth-order valence-corrected chi connectivity index (χ4v) is 1.42. The number of hydrogen-bond donors (Lipinski definition) is 2. The molecule has 0 aliphatic heterocycles. The summed E-state index contributed by atoms with van der Waals surface area (Å²) >= 11 is 17.0. The van der Waals surface area contributed by atoms with Crippen LogP contribution < -0.4 is 4.74 Å². The standard InChI is InChI=1S/C7H5Cl3O2.C2H4O2/c1-12-7-4(11)2-3(8)5(9)6(7)10;1-2(3)4/h2,11H,1H3;1H3,(H,3,4). The monoisotopic (exact) mass is 286 g/mol. The van der Waals surface area contributed by atoms with E-state index in [-0.39, 0.29) is 26.6 Å². The van der Waals surface area contributed by atoms with Crippen molar-refractivity contribution in [2.45, 2.75) is 6.92 Å². The number of carbonyl (C=O) groups is 1. The van der Waals surface area contributed by atoms with Gasteiger partial charge in [0.15, 0.2) is 11.5 Å². The van der Waals surface area contributed by atoms with Crippen molar-refractivity contribution in [1.82, 2.24) is 0 Å². The summed E-state index contributed by atoms with van der Waals surface area (Å²) < 4.78 is 4.79. The van der Waals surface area contributed by atoms with E-state index in [2.05, 4.69) is 0 Å². The zero-order valence-electron chi connectivity index (χ0n) is 8.42. The van der Waals surface area contributed by atoms with E-state index in [4.69, 9.17) is 49.4 Å². The lowest BCUT2D eigenvalue weighted by atomic mass is 10.3. The molecule has 4 nitrogen and oxygen atoms in total. The number of hydrogen-bond acceptors (Lipinski definition) is 3. The summed E-state index contributed by atoms with van der Waals surface area (Å²) in [7, 11) is 1.38. The van der Waals surface area contributed by atoms with Crippen molar-refractivity contribution in [2.75, 3.05) is 7.11 Å². The molecule has 16 heavy (non-hydrogen) atoms. The van der Waals surface area contributed by atoms with E-state index < -0.39 is 5.97 Å². The Morgan fingerprint density at radius 3 is 2.12 bits per heavy atom. The Bertz CT molecular complexity index is 389. The first kappa shape index (κ1) is 15.2. The fourth-order valence-electron chi connectivity index (χ4n) is 0.760. The molecule has 0 radical (unpaired) electrons. The molecule has 0 amide bonds. The minimum absolute atomic E-state index is 0.115. The Kier molecular flexibility index (Phi) is 6.33. The van der Waals surface area contributed by atoms with Gasteiger partial charge in [-0.1, -0.05) is 34.8 Å². The molecular formula is C9H9Cl3O4. The van der Waals surface area contributed by atoms with E-state index in [0.717, 1.165) is 6.92 Å². The van der Waals surface area contributed by atoms with Crippen molar-refractivity contribution in [2.24, 2.45) is 0 Å². The maximum absolute atomic E-state index is 9.24. The van der Waals surface area contributed by atoms with Gasteiger partial charge in [0.25, 0.3) is 5.97 Å². The topological polar surface area (TPSA) is 66.8 Å². The maximum atomic E-state index is 9.24. The van der Waals surface area contributed by atoms with Crippen LogP contribution in [-0.2, 0) is 4.79 Å². The Balaban J connectivity index is 0.000000487. The van der Waals surface area contributed by atoms with Gasteiger partial charge >= 0.3 is 0 Å². The summed E-state index contributed by atoms with van der Waals surface area (Å²) in [5, 5.41) is 17.1. The average Bonchev–Trinajstić information content (AvgIpc) is 2.14. The molecule has 7 heteroatoms. The Hall–Kier alpha value is -0.840. The molecule has 1 aromatic rings. The highest BCUT2D eigenvalue weighted by Gasteiger charge is 2.14. The molecule has 2 N–H and O–H groups in total. The molecule has 0 saturated heterocycles. The number of carboxylic acids is 1. The molecule has 0 saturated carbocycles. The molecular weight excluding hydrogens is 278 g/mol. The second-order valence-corrected chi connectivity index (χ2v) is 3.72. The molecule has 0 fully saturated rings. The number of carboxylic acid groups (broad SMARTS) is 1. The SMILES string of the molecule is CC(=O)O.COc1c(O)cc(Cl)c(Cl)c1Cl. The Morgan fingerprint density at radius 1 is 1.31 bits per heavy atom. The Labute approximate surface area is 107 Å². The van der Waals surface area contributed by atoms with Gasteiger partial charge in [-0.05, 0) is 0 Å². The number of benzene rings is 1. The van der Waals surface area contributed by atoms with Gasteiger partial charge in [-0.3, -0.25) is 4.79 Å². The van der Waals surface area contributed by atoms with E-state index >= 15 is 0 Å². The third-order valence-corrected chi connectivity index (χ3v) is 2.55. The minimum atomic E-state index is -0.833. The van der Waals surface area contributed by atoms with Gasteiger partial charge in [0.2, 0.25) is 0 Å². The van der Waals surface area contributed by atoms with E-state index in [1.165, 1.54) is 13.2 Å². The van der Waals surface area contributed by atoms with Crippen molar-refractivity contribution < 1.29 is 19.7 Å². The molecule has 0 heterocycles. The van der Waals surface area contributed by atoms with Crippen molar-refractivity contribution in [3.8, 4) is 11.5 Å². The second-order valence-electron chi connectivity index (χ2n) is 2.56. The zero-order chi connectivity index (χ0) is 12.9. The molecule has 90 valence electrons. The predicted molar refractivity (Wildman–Crippen MR) is 63.0 cm³/mol. The predicted octanol–water partition coefficient (Wildman–Crippen LogP) is 3.45. The van der Waals surface area contributed by atoms with E-state index in [9.17, 15) is 5.11 Å². The number of aromatic hydroxyl groups is 1. The van der Waals surface area contributed by atoms with Crippen LogP contribution >= 0.6 is 34.8 Å². The molecule has 0 atom stereocenters. The number of phenolic OH excluding ortho intramolecular Hbond substituents is 1. The number of halogens is 3. The van der Waals surface area contributed by atoms with Gasteiger partial charge < -0.3 is 14.9 Å². The molecule has 1 aromatic carbocycles. The van der Waals surface area contributed by atoms with E-state index in [0.29, 0.717) is 0 Å². The van der Waals surface area contributed by atoms with Crippen LogP contribution in [0, 0.1) is 0 Å². The molecule has 0 aliphatic carbocycles. The second kappa shape index (κ2) is 6.68. The number of rotatable bonds is 1. The summed E-state index contributed by atoms with van der Waals surface area (Å²) in [6, 6.07) is 1.27. The quantitative estimate of drug-likeness (QED) is 0.776. The highest BCUT2D eigenvalue weighted by molar-refractivity contribution is 6.48. The smallest absolute Gasteiger partial charge is 0.300 e. The van der Waals surface area contributed by atoms with Crippen LogP contribution in [0.4, 0.5) is 0 Å². The van der Waals surface area contributed by atoms with Crippen molar-refractivity contribution in [1.29, 1.82) is 0 Å². The molecule has 1 rings (SSSR count). The minimum Gasteiger partial charge on any atom is -0.504 e. The first-order valence-electron chi connectivity index (χ1n) is 3.91.